The van der Waals surface area contributed by atoms with Crippen LogP contribution in [-0.4, -0.2) is 22.4 Å². The molecule has 0 aromatic carbocycles. The van der Waals surface area contributed by atoms with Crippen molar-refractivity contribution in [2.24, 2.45) is 5.73 Å². The van der Waals surface area contributed by atoms with Gasteiger partial charge in [-0.2, -0.15) is 0 Å². The molecule has 0 aromatic heterocycles. The van der Waals surface area contributed by atoms with Crippen LogP contribution in [0.5, 0.6) is 0 Å². The number of rotatable bonds is 18. The Morgan fingerprint density at radius 3 is 1.54 bits per heavy atom. The van der Waals surface area contributed by atoms with E-state index in [1.54, 1.807) is 0 Å². The molecule has 0 aliphatic heterocycles. The van der Waals surface area contributed by atoms with Crippen LogP contribution in [-0.2, 0) is 9.09 Å². The molecule has 146 valence electrons. The Balaban J connectivity index is 3.16. The topological polar surface area (TPSA) is 92.8 Å². The largest absolute Gasteiger partial charge is 0.469 e. The number of nitrogens with two attached hydrogens (primary N) is 1. The minimum atomic E-state index is -4.37. The maximum atomic E-state index is 10.6. The second-order valence-corrected chi connectivity index (χ2v) is 8.17. The van der Waals surface area contributed by atoms with Crippen LogP contribution < -0.4 is 5.73 Å². The summed E-state index contributed by atoms with van der Waals surface area (Å²) in [6.45, 7) is 2.19. The average molecular weight is 365 g/mol. The van der Waals surface area contributed by atoms with Crippen LogP contribution in [0.2, 0.25) is 0 Å². The molecule has 0 rings (SSSR count). The fourth-order valence-electron chi connectivity index (χ4n) is 2.88. The molecule has 0 aliphatic rings. The number of phosphoric ester groups is 1. The van der Waals surface area contributed by atoms with Gasteiger partial charge in [0.05, 0.1) is 6.61 Å². The molecule has 1 atom stereocenters. The second kappa shape index (κ2) is 16.5. The third kappa shape index (κ3) is 20.1. The molecule has 5 nitrogen and oxygen atoms in total. The molecule has 0 heterocycles. The maximum Gasteiger partial charge on any atom is 0.469 e. The van der Waals surface area contributed by atoms with E-state index in [0.717, 1.165) is 19.3 Å². The van der Waals surface area contributed by atoms with Crippen molar-refractivity contribution in [3.8, 4) is 0 Å². The highest BCUT2D eigenvalue weighted by molar-refractivity contribution is 7.46. The van der Waals surface area contributed by atoms with Crippen LogP contribution in [0.15, 0.2) is 0 Å². The summed E-state index contributed by atoms with van der Waals surface area (Å²) >= 11 is 0. The fraction of sp³-hybridized carbons (Fsp3) is 1.00. The number of unbranched alkanes of at least 4 members (excludes halogenated alkanes) is 13. The Bertz CT molecular complexity index is 309. The number of hydrogen-bond acceptors (Lipinski definition) is 3. The molecule has 0 saturated carbocycles. The summed E-state index contributed by atoms with van der Waals surface area (Å²) in [5.41, 5.74) is 5.76. The summed E-state index contributed by atoms with van der Waals surface area (Å²) in [7, 11) is -4.37. The Morgan fingerprint density at radius 1 is 0.792 bits per heavy atom. The maximum absolute atomic E-state index is 10.6. The highest BCUT2D eigenvalue weighted by atomic mass is 31.2. The average Bonchev–Trinajstić information content (AvgIpc) is 2.52. The lowest BCUT2D eigenvalue weighted by atomic mass is 10.0. The van der Waals surface area contributed by atoms with Crippen molar-refractivity contribution in [1.29, 1.82) is 0 Å². The van der Waals surface area contributed by atoms with Gasteiger partial charge in [-0.3, -0.25) is 4.52 Å². The molecular weight excluding hydrogens is 325 g/mol. The van der Waals surface area contributed by atoms with Crippen LogP contribution in [0.1, 0.15) is 103 Å². The highest BCUT2D eigenvalue weighted by Crippen LogP contribution is 2.35. The first kappa shape index (κ1) is 24.1. The van der Waals surface area contributed by atoms with Crippen molar-refractivity contribution in [3.63, 3.8) is 0 Å². The molecule has 0 fully saturated rings. The molecule has 0 unspecified atom stereocenters. The van der Waals surface area contributed by atoms with E-state index in [0.29, 0.717) is 0 Å². The van der Waals surface area contributed by atoms with Crippen molar-refractivity contribution in [2.45, 2.75) is 109 Å². The van der Waals surface area contributed by atoms with Gasteiger partial charge in [0, 0.05) is 6.04 Å². The van der Waals surface area contributed by atoms with Crippen LogP contribution >= 0.6 is 7.82 Å². The summed E-state index contributed by atoms with van der Waals surface area (Å²) in [5, 5.41) is 0. The van der Waals surface area contributed by atoms with E-state index in [9.17, 15) is 4.57 Å². The number of phosphoric acid groups is 1. The Hall–Kier alpha value is 0.0700. The Kier molecular flexibility index (Phi) is 16.6. The van der Waals surface area contributed by atoms with Crippen molar-refractivity contribution in [1.82, 2.24) is 0 Å². The second-order valence-electron chi connectivity index (χ2n) is 6.93. The summed E-state index contributed by atoms with van der Waals surface area (Å²) in [4.78, 5) is 17.2. The van der Waals surface area contributed by atoms with E-state index >= 15 is 0 Å². The summed E-state index contributed by atoms with van der Waals surface area (Å²) in [5.74, 6) is 0. The van der Waals surface area contributed by atoms with Crippen LogP contribution in [0, 0.1) is 0 Å². The standard InChI is InChI=1S/C18H40NO4P/c1-2-3-4-5-6-7-8-9-10-11-12-13-14-15-16-18(19)17-23-24(20,21)22/h18H,2-17,19H2,1H3,(H2,20,21,22)/t18-/m0/s1. The lowest BCUT2D eigenvalue weighted by Crippen LogP contribution is -2.25. The summed E-state index contributed by atoms with van der Waals surface area (Å²) < 4.78 is 15.0. The normalized spacial score (nSPS) is 13.3. The molecule has 0 aromatic rings. The van der Waals surface area contributed by atoms with Gasteiger partial charge in [-0.05, 0) is 6.42 Å². The smallest absolute Gasteiger partial charge is 0.326 e. The van der Waals surface area contributed by atoms with Gasteiger partial charge >= 0.3 is 7.82 Å². The first-order valence-electron chi connectivity index (χ1n) is 9.91. The molecule has 4 N–H and O–H groups in total. The van der Waals surface area contributed by atoms with E-state index in [2.05, 4.69) is 11.4 Å². The van der Waals surface area contributed by atoms with Gasteiger partial charge in [-0.15, -0.1) is 0 Å². The molecule has 0 bridgehead atoms. The predicted octanol–water partition coefficient (Wildman–Crippen LogP) is 5.29. The third-order valence-corrected chi connectivity index (χ3v) is 4.87. The Labute approximate surface area is 149 Å². The van der Waals surface area contributed by atoms with E-state index < -0.39 is 7.82 Å². The van der Waals surface area contributed by atoms with Crippen molar-refractivity contribution in [3.05, 3.63) is 0 Å². The lowest BCUT2D eigenvalue weighted by Gasteiger charge is -2.12. The van der Waals surface area contributed by atoms with Crippen LogP contribution in [0.4, 0.5) is 0 Å². The summed E-state index contributed by atoms with van der Waals surface area (Å²) in [6.07, 6.45) is 19.2. The molecular formula is C18H40NO4P. The SMILES string of the molecule is CCCCCCCCCCCCCCCC[C@H](N)COP(=O)(O)O. The molecule has 0 spiro atoms. The predicted molar refractivity (Wildman–Crippen MR) is 101 cm³/mol. The first-order valence-corrected chi connectivity index (χ1v) is 11.4. The molecule has 0 radical (unpaired) electrons. The van der Waals surface area contributed by atoms with Gasteiger partial charge in [0.15, 0.2) is 0 Å². The van der Waals surface area contributed by atoms with E-state index in [-0.39, 0.29) is 12.6 Å². The minimum absolute atomic E-state index is 0.0667. The van der Waals surface area contributed by atoms with Crippen LogP contribution in [0.3, 0.4) is 0 Å². The van der Waals surface area contributed by atoms with Gasteiger partial charge in [0.1, 0.15) is 0 Å². The van der Waals surface area contributed by atoms with Crippen molar-refractivity contribution >= 4 is 7.82 Å². The van der Waals surface area contributed by atoms with E-state index in [4.69, 9.17) is 15.5 Å². The molecule has 6 heteroatoms. The zero-order valence-corrected chi connectivity index (χ0v) is 16.5. The monoisotopic (exact) mass is 365 g/mol. The quantitative estimate of drug-likeness (QED) is 0.226. The fourth-order valence-corrected chi connectivity index (χ4v) is 3.26. The lowest BCUT2D eigenvalue weighted by molar-refractivity contribution is 0.183. The molecule has 0 amide bonds. The minimum Gasteiger partial charge on any atom is -0.326 e. The van der Waals surface area contributed by atoms with Gasteiger partial charge in [0.25, 0.3) is 0 Å². The van der Waals surface area contributed by atoms with Crippen molar-refractivity contribution in [2.75, 3.05) is 6.61 Å². The molecule has 0 saturated heterocycles. The molecule has 0 aliphatic carbocycles. The Morgan fingerprint density at radius 2 is 1.17 bits per heavy atom. The van der Waals surface area contributed by atoms with Gasteiger partial charge < -0.3 is 15.5 Å². The highest BCUT2D eigenvalue weighted by Gasteiger charge is 2.15. The van der Waals surface area contributed by atoms with Crippen LogP contribution in [0.25, 0.3) is 0 Å². The summed E-state index contributed by atoms with van der Waals surface area (Å²) in [6, 6.07) is -0.282. The van der Waals surface area contributed by atoms with E-state index in [1.807, 2.05) is 0 Å². The first-order chi connectivity index (χ1) is 11.5. The zero-order chi connectivity index (χ0) is 18.1. The number of hydrogen-bond donors (Lipinski definition) is 3. The van der Waals surface area contributed by atoms with Crippen molar-refractivity contribution < 1.29 is 18.9 Å². The van der Waals surface area contributed by atoms with Gasteiger partial charge in [-0.1, -0.05) is 96.8 Å². The van der Waals surface area contributed by atoms with Gasteiger partial charge in [-0.25, -0.2) is 4.57 Å². The third-order valence-electron chi connectivity index (χ3n) is 4.39. The van der Waals surface area contributed by atoms with E-state index in [1.165, 1.54) is 77.0 Å². The molecule has 24 heavy (non-hydrogen) atoms. The zero-order valence-electron chi connectivity index (χ0n) is 15.6. The van der Waals surface area contributed by atoms with Gasteiger partial charge in [0.2, 0.25) is 0 Å².